The molecule has 0 rings (SSSR count). The summed E-state index contributed by atoms with van der Waals surface area (Å²) in [4.78, 5) is 22.0. The van der Waals surface area contributed by atoms with Crippen LogP contribution in [0.1, 0.15) is 26.2 Å². The highest BCUT2D eigenvalue weighted by Crippen LogP contribution is 1.91. The van der Waals surface area contributed by atoms with Gasteiger partial charge in [-0.3, -0.25) is 9.59 Å². The van der Waals surface area contributed by atoms with Crippen molar-refractivity contribution in [3.8, 4) is 0 Å². The van der Waals surface area contributed by atoms with Crippen molar-refractivity contribution in [1.82, 2.24) is 10.6 Å². The van der Waals surface area contributed by atoms with Gasteiger partial charge >= 0.3 is 0 Å². The van der Waals surface area contributed by atoms with E-state index in [0.717, 1.165) is 0 Å². The number of amides is 2. The Hall–Kier alpha value is -0.770. The first kappa shape index (κ1) is 13.2. The minimum Gasteiger partial charge on any atom is -0.356 e. The second-order valence-electron chi connectivity index (χ2n) is 2.85. The van der Waals surface area contributed by atoms with Crippen LogP contribution < -0.4 is 10.6 Å². The minimum absolute atomic E-state index is 0.0369. The van der Waals surface area contributed by atoms with Crippen LogP contribution in [-0.4, -0.2) is 30.8 Å². The predicted octanol–water partition coefficient (Wildman–Crippen LogP) is 0.648. The van der Waals surface area contributed by atoms with Crippen molar-refractivity contribution >= 4 is 23.4 Å². The number of hydrogen-bond acceptors (Lipinski definition) is 2. The normalized spacial score (nSPS) is 9.57. The zero-order chi connectivity index (χ0) is 10.8. The third kappa shape index (κ3) is 7.86. The van der Waals surface area contributed by atoms with E-state index in [2.05, 4.69) is 10.6 Å². The minimum atomic E-state index is -0.0463. The molecule has 0 saturated heterocycles. The van der Waals surface area contributed by atoms with Gasteiger partial charge in [-0.1, -0.05) is 0 Å². The molecule has 0 aromatic carbocycles. The molecule has 0 aliphatic rings. The lowest BCUT2D eigenvalue weighted by molar-refractivity contribution is -0.122. The highest BCUT2D eigenvalue weighted by atomic mass is 35.5. The summed E-state index contributed by atoms with van der Waals surface area (Å²) in [5.41, 5.74) is 0. The van der Waals surface area contributed by atoms with Gasteiger partial charge in [-0.2, -0.15) is 0 Å². The van der Waals surface area contributed by atoms with E-state index in [1.165, 1.54) is 0 Å². The second-order valence-corrected chi connectivity index (χ2v) is 3.22. The Morgan fingerprint density at radius 1 is 1.14 bits per heavy atom. The maximum absolute atomic E-state index is 11.0. The second kappa shape index (κ2) is 8.81. The van der Waals surface area contributed by atoms with Crippen LogP contribution in [0.2, 0.25) is 0 Å². The van der Waals surface area contributed by atoms with Gasteiger partial charge in [-0.05, 0) is 13.3 Å². The first-order valence-corrected chi connectivity index (χ1v) is 5.33. The lowest BCUT2D eigenvalue weighted by Crippen LogP contribution is -2.30. The SMILES string of the molecule is CCNC(=O)CCNC(=O)CCCCl. The number of carbonyl (C=O) groups is 2. The summed E-state index contributed by atoms with van der Waals surface area (Å²) >= 11 is 5.43. The topological polar surface area (TPSA) is 58.2 Å². The Morgan fingerprint density at radius 2 is 1.79 bits per heavy atom. The molecule has 0 aliphatic carbocycles. The fourth-order valence-electron chi connectivity index (χ4n) is 0.917. The van der Waals surface area contributed by atoms with Gasteiger partial charge in [0.25, 0.3) is 0 Å². The smallest absolute Gasteiger partial charge is 0.221 e. The summed E-state index contributed by atoms with van der Waals surface area (Å²) in [6.07, 6.45) is 1.44. The third-order valence-corrected chi connectivity index (χ3v) is 1.85. The zero-order valence-corrected chi connectivity index (χ0v) is 9.19. The predicted molar refractivity (Wildman–Crippen MR) is 56.3 cm³/mol. The van der Waals surface area contributed by atoms with E-state index >= 15 is 0 Å². The van der Waals surface area contributed by atoms with Crippen LogP contribution in [0.5, 0.6) is 0 Å². The van der Waals surface area contributed by atoms with E-state index in [0.29, 0.717) is 38.2 Å². The molecule has 2 amide bonds. The van der Waals surface area contributed by atoms with Crippen molar-refractivity contribution in [2.45, 2.75) is 26.2 Å². The summed E-state index contributed by atoms with van der Waals surface area (Å²) in [6, 6.07) is 0. The van der Waals surface area contributed by atoms with Crippen molar-refractivity contribution in [2.24, 2.45) is 0 Å². The Morgan fingerprint density at radius 3 is 2.36 bits per heavy atom. The molecular formula is C9H17ClN2O2. The van der Waals surface area contributed by atoms with Gasteiger partial charge < -0.3 is 10.6 Å². The van der Waals surface area contributed by atoms with Crippen LogP contribution in [-0.2, 0) is 9.59 Å². The van der Waals surface area contributed by atoms with Crippen LogP contribution in [0, 0.1) is 0 Å². The molecule has 0 radical (unpaired) electrons. The lowest BCUT2D eigenvalue weighted by Gasteiger charge is -2.04. The van der Waals surface area contributed by atoms with Crippen molar-refractivity contribution in [1.29, 1.82) is 0 Å². The van der Waals surface area contributed by atoms with E-state index in [-0.39, 0.29) is 11.8 Å². The van der Waals surface area contributed by atoms with Crippen molar-refractivity contribution in [3.05, 3.63) is 0 Å². The van der Waals surface area contributed by atoms with Gasteiger partial charge in [0.15, 0.2) is 0 Å². The van der Waals surface area contributed by atoms with Crippen molar-refractivity contribution in [3.63, 3.8) is 0 Å². The first-order valence-electron chi connectivity index (χ1n) is 4.80. The fraction of sp³-hybridized carbons (Fsp3) is 0.778. The summed E-state index contributed by atoms with van der Waals surface area (Å²) in [6.45, 7) is 2.88. The molecule has 0 aromatic rings. The highest BCUT2D eigenvalue weighted by Gasteiger charge is 2.02. The third-order valence-electron chi connectivity index (χ3n) is 1.59. The molecule has 4 nitrogen and oxygen atoms in total. The molecule has 0 heterocycles. The van der Waals surface area contributed by atoms with Gasteiger partial charge in [0.1, 0.15) is 0 Å². The summed E-state index contributed by atoms with van der Waals surface area (Å²) in [7, 11) is 0. The number of halogens is 1. The Kier molecular flexibility index (Phi) is 8.33. The van der Waals surface area contributed by atoms with Gasteiger partial charge in [-0.15, -0.1) is 11.6 Å². The number of nitrogens with one attached hydrogen (secondary N) is 2. The maximum Gasteiger partial charge on any atom is 0.221 e. The van der Waals surface area contributed by atoms with Gasteiger partial charge in [0, 0.05) is 31.8 Å². The van der Waals surface area contributed by atoms with Crippen LogP contribution in [0.3, 0.4) is 0 Å². The van der Waals surface area contributed by atoms with Crippen LogP contribution >= 0.6 is 11.6 Å². The van der Waals surface area contributed by atoms with Crippen LogP contribution in [0.15, 0.2) is 0 Å². The van der Waals surface area contributed by atoms with Crippen molar-refractivity contribution < 1.29 is 9.59 Å². The van der Waals surface area contributed by atoms with E-state index in [9.17, 15) is 9.59 Å². The van der Waals surface area contributed by atoms with Gasteiger partial charge in [0.05, 0.1) is 0 Å². The fourth-order valence-corrected chi connectivity index (χ4v) is 1.05. The summed E-state index contributed by atoms with van der Waals surface area (Å²) in [5.74, 6) is 0.407. The standard InChI is InChI=1S/C9H17ClN2O2/c1-2-11-9(14)5-7-12-8(13)4-3-6-10/h2-7H2,1H3,(H,11,14)(H,12,13). The highest BCUT2D eigenvalue weighted by molar-refractivity contribution is 6.17. The monoisotopic (exact) mass is 220 g/mol. The van der Waals surface area contributed by atoms with E-state index in [1.807, 2.05) is 6.92 Å². The molecule has 2 N–H and O–H groups in total. The molecule has 0 aliphatic heterocycles. The molecule has 0 fully saturated rings. The quantitative estimate of drug-likeness (QED) is 0.619. The maximum atomic E-state index is 11.0. The average Bonchev–Trinajstić information content (AvgIpc) is 2.15. The van der Waals surface area contributed by atoms with Crippen LogP contribution in [0.25, 0.3) is 0 Å². The zero-order valence-electron chi connectivity index (χ0n) is 8.44. The Bertz CT molecular complexity index is 186. The average molecular weight is 221 g/mol. The molecule has 5 heteroatoms. The Labute approximate surface area is 89.4 Å². The van der Waals surface area contributed by atoms with Crippen LogP contribution in [0.4, 0.5) is 0 Å². The largest absolute Gasteiger partial charge is 0.356 e. The molecule has 0 spiro atoms. The summed E-state index contributed by atoms with van der Waals surface area (Å²) in [5, 5.41) is 5.30. The number of carbonyl (C=O) groups excluding carboxylic acids is 2. The molecule has 0 bridgehead atoms. The number of alkyl halides is 1. The molecule has 0 unspecified atom stereocenters. The van der Waals surface area contributed by atoms with Crippen molar-refractivity contribution in [2.75, 3.05) is 19.0 Å². The molecule has 0 aromatic heterocycles. The molecule has 0 saturated carbocycles. The molecule has 14 heavy (non-hydrogen) atoms. The molecular weight excluding hydrogens is 204 g/mol. The molecule has 82 valence electrons. The molecule has 0 atom stereocenters. The number of rotatable bonds is 7. The first-order chi connectivity index (χ1) is 6.70. The Balaban J connectivity index is 3.34. The van der Waals surface area contributed by atoms with Gasteiger partial charge in [0.2, 0.25) is 11.8 Å². The van der Waals surface area contributed by atoms with E-state index < -0.39 is 0 Å². The van der Waals surface area contributed by atoms with Gasteiger partial charge in [-0.25, -0.2) is 0 Å². The van der Waals surface area contributed by atoms with E-state index in [4.69, 9.17) is 11.6 Å². The van der Waals surface area contributed by atoms with E-state index in [1.54, 1.807) is 0 Å². The number of hydrogen-bond donors (Lipinski definition) is 2. The lowest BCUT2D eigenvalue weighted by atomic mass is 10.3. The summed E-state index contributed by atoms with van der Waals surface area (Å²) < 4.78 is 0.